The number of nitrogen functional groups attached to an aromatic ring is 1. The molecule has 0 amide bonds. The molecule has 3 heterocycles. The van der Waals surface area contributed by atoms with Gasteiger partial charge in [-0.15, -0.1) is 11.3 Å². The van der Waals surface area contributed by atoms with Gasteiger partial charge in [-0.3, -0.25) is 0 Å². The van der Waals surface area contributed by atoms with Crippen molar-refractivity contribution in [1.82, 2.24) is 15.0 Å². The van der Waals surface area contributed by atoms with Gasteiger partial charge in [-0.25, -0.2) is 9.78 Å². The second-order valence-corrected chi connectivity index (χ2v) is 7.64. The van der Waals surface area contributed by atoms with E-state index in [4.69, 9.17) is 10.2 Å². The molecule has 8 nitrogen and oxygen atoms in total. The zero-order chi connectivity index (χ0) is 18.5. The summed E-state index contributed by atoms with van der Waals surface area (Å²) in [5.41, 5.74) is 6.21. The molecule has 0 bridgehead atoms. The number of hydrogen-bond donors (Lipinski definition) is 1. The molecule has 0 spiro atoms. The highest BCUT2D eigenvalue weighted by atomic mass is 32.1. The topological polar surface area (TPSA) is 101 Å². The molecule has 3 aromatic heterocycles. The fourth-order valence-corrected chi connectivity index (χ4v) is 3.83. The predicted molar refractivity (Wildman–Crippen MR) is 103 cm³/mol. The first kappa shape index (κ1) is 17.4. The van der Waals surface area contributed by atoms with E-state index in [0.717, 1.165) is 0 Å². The van der Waals surface area contributed by atoms with Crippen LogP contribution in [-0.4, -0.2) is 41.1 Å². The molecular weight excluding hydrogens is 340 g/mol. The Morgan fingerprint density at radius 3 is 2.28 bits per heavy atom. The Bertz CT molecular complexity index is 984. The largest absolute Gasteiger partial charge is 0.388 e. The van der Waals surface area contributed by atoms with E-state index < -0.39 is 5.63 Å². The first-order chi connectivity index (χ1) is 11.7. The van der Waals surface area contributed by atoms with E-state index in [1.165, 1.54) is 11.3 Å². The molecule has 0 saturated carbocycles. The van der Waals surface area contributed by atoms with Crippen molar-refractivity contribution in [3.8, 4) is 0 Å². The number of nitrogens with two attached hydrogens (primary N) is 1. The first-order valence-corrected chi connectivity index (χ1v) is 8.88. The zero-order valence-electron chi connectivity index (χ0n) is 15.2. The molecule has 0 unspecified atom stereocenters. The van der Waals surface area contributed by atoms with Crippen LogP contribution in [0.4, 0.5) is 17.8 Å². The molecule has 134 valence electrons. The van der Waals surface area contributed by atoms with Gasteiger partial charge in [0.05, 0.1) is 5.39 Å². The summed E-state index contributed by atoms with van der Waals surface area (Å²) in [4.78, 5) is 30.3. The minimum absolute atomic E-state index is 0.131. The first-order valence-electron chi connectivity index (χ1n) is 8.07. The highest BCUT2D eigenvalue weighted by Gasteiger charge is 2.23. The lowest BCUT2D eigenvalue weighted by molar-refractivity contribution is 0.452. The number of rotatable bonds is 4. The molecule has 0 aliphatic rings. The van der Waals surface area contributed by atoms with Gasteiger partial charge >= 0.3 is 11.6 Å². The molecular formula is C16H22N6O2S. The molecule has 3 aromatic rings. The van der Waals surface area contributed by atoms with Crippen LogP contribution >= 0.6 is 11.3 Å². The third-order valence-corrected chi connectivity index (χ3v) is 4.91. The van der Waals surface area contributed by atoms with E-state index in [1.807, 2.05) is 46.7 Å². The summed E-state index contributed by atoms with van der Waals surface area (Å²) >= 11 is 1.23. The maximum Gasteiger partial charge on any atom is 0.358 e. The smallest absolute Gasteiger partial charge is 0.358 e. The van der Waals surface area contributed by atoms with Crippen LogP contribution in [0.25, 0.3) is 20.4 Å². The highest BCUT2D eigenvalue weighted by Crippen LogP contribution is 2.34. The van der Waals surface area contributed by atoms with E-state index >= 15 is 0 Å². The van der Waals surface area contributed by atoms with Gasteiger partial charge in [0.1, 0.15) is 20.9 Å². The third kappa shape index (κ3) is 2.88. The Balaban J connectivity index is 2.33. The lowest BCUT2D eigenvalue weighted by atomic mass is 10.2. The summed E-state index contributed by atoms with van der Waals surface area (Å²) in [6, 6.07) is 0.553. The van der Waals surface area contributed by atoms with E-state index in [2.05, 4.69) is 15.0 Å². The molecule has 0 aromatic carbocycles. The Labute approximate surface area is 149 Å². The van der Waals surface area contributed by atoms with Crippen LogP contribution in [0.15, 0.2) is 9.21 Å². The van der Waals surface area contributed by atoms with Crippen molar-refractivity contribution in [2.75, 3.05) is 29.6 Å². The Hall–Kier alpha value is -2.42. The molecule has 0 radical (unpaired) electrons. The predicted octanol–water partition coefficient (Wildman–Crippen LogP) is 2.46. The van der Waals surface area contributed by atoms with Gasteiger partial charge in [-0.2, -0.15) is 9.97 Å². The second-order valence-electron chi connectivity index (χ2n) is 6.64. The van der Waals surface area contributed by atoms with Gasteiger partial charge in [-0.05, 0) is 27.7 Å². The SMILES string of the molecule is CC(C)N(c1nc2c(sc3nc(N(C)C)nc(N)c32)c(=O)o1)C(C)C. The fourth-order valence-electron chi connectivity index (χ4n) is 2.84. The van der Waals surface area contributed by atoms with Crippen LogP contribution < -0.4 is 21.2 Å². The molecule has 25 heavy (non-hydrogen) atoms. The number of fused-ring (bicyclic) bond motifs is 3. The Morgan fingerprint density at radius 2 is 1.72 bits per heavy atom. The summed E-state index contributed by atoms with van der Waals surface area (Å²) in [5, 5.41) is 0.604. The zero-order valence-corrected chi connectivity index (χ0v) is 16.0. The lowest BCUT2D eigenvalue weighted by Gasteiger charge is -2.29. The van der Waals surface area contributed by atoms with Crippen molar-refractivity contribution in [2.24, 2.45) is 0 Å². The molecule has 9 heteroatoms. The minimum Gasteiger partial charge on any atom is -0.388 e. The molecule has 0 atom stereocenters. The summed E-state index contributed by atoms with van der Waals surface area (Å²) in [6.07, 6.45) is 0. The molecule has 3 rings (SSSR count). The van der Waals surface area contributed by atoms with Crippen molar-refractivity contribution in [1.29, 1.82) is 0 Å². The van der Waals surface area contributed by atoms with Crippen molar-refractivity contribution >= 4 is 49.6 Å². The molecule has 0 aliphatic carbocycles. The minimum atomic E-state index is -0.430. The third-order valence-electron chi connectivity index (χ3n) is 3.85. The summed E-state index contributed by atoms with van der Waals surface area (Å²) < 4.78 is 5.90. The van der Waals surface area contributed by atoms with Crippen LogP contribution in [0.2, 0.25) is 0 Å². The van der Waals surface area contributed by atoms with E-state index in [9.17, 15) is 4.79 Å². The number of hydrogen-bond acceptors (Lipinski definition) is 9. The molecule has 0 aliphatic heterocycles. The van der Waals surface area contributed by atoms with E-state index in [-0.39, 0.29) is 12.1 Å². The summed E-state index contributed by atoms with van der Waals surface area (Å²) in [6.45, 7) is 8.10. The van der Waals surface area contributed by atoms with Crippen molar-refractivity contribution in [3.05, 3.63) is 10.4 Å². The van der Waals surface area contributed by atoms with Gasteiger partial charge in [-0.1, -0.05) is 0 Å². The molecule has 2 N–H and O–H groups in total. The number of thiophene rings is 1. The van der Waals surface area contributed by atoms with Gasteiger partial charge in [0, 0.05) is 26.2 Å². The average molecular weight is 362 g/mol. The second kappa shape index (κ2) is 6.14. The van der Waals surface area contributed by atoms with Crippen LogP contribution in [0.1, 0.15) is 27.7 Å². The fraction of sp³-hybridized carbons (Fsp3) is 0.500. The van der Waals surface area contributed by atoms with Gasteiger partial charge in [0.15, 0.2) is 0 Å². The number of nitrogens with zero attached hydrogens (tertiary/aromatic N) is 5. The molecule has 0 fully saturated rings. The Kier molecular flexibility index (Phi) is 4.28. The van der Waals surface area contributed by atoms with Crippen LogP contribution in [0.3, 0.4) is 0 Å². The molecule has 0 saturated heterocycles. The quantitative estimate of drug-likeness (QED) is 0.755. The summed E-state index contributed by atoms with van der Waals surface area (Å²) in [7, 11) is 3.67. The maximum absolute atomic E-state index is 12.5. The van der Waals surface area contributed by atoms with Crippen molar-refractivity contribution in [2.45, 2.75) is 39.8 Å². The van der Waals surface area contributed by atoms with E-state index in [1.54, 1.807) is 4.90 Å². The average Bonchev–Trinajstić information content (AvgIpc) is 2.86. The lowest BCUT2D eigenvalue weighted by Crippen LogP contribution is -2.38. The van der Waals surface area contributed by atoms with E-state index in [0.29, 0.717) is 38.2 Å². The van der Waals surface area contributed by atoms with Gasteiger partial charge in [0.2, 0.25) is 5.95 Å². The normalized spacial score (nSPS) is 11.8. The van der Waals surface area contributed by atoms with Crippen molar-refractivity contribution in [3.63, 3.8) is 0 Å². The van der Waals surface area contributed by atoms with Crippen LogP contribution in [0, 0.1) is 0 Å². The monoisotopic (exact) mass is 362 g/mol. The van der Waals surface area contributed by atoms with Gasteiger partial charge < -0.3 is 20.0 Å². The van der Waals surface area contributed by atoms with Gasteiger partial charge in [0.25, 0.3) is 0 Å². The van der Waals surface area contributed by atoms with Crippen LogP contribution in [-0.2, 0) is 0 Å². The maximum atomic E-state index is 12.5. The van der Waals surface area contributed by atoms with Crippen molar-refractivity contribution < 1.29 is 4.42 Å². The Morgan fingerprint density at radius 1 is 1.08 bits per heavy atom. The summed E-state index contributed by atoms with van der Waals surface area (Å²) in [5.74, 6) is 0.803. The number of aromatic nitrogens is 3. The number of anilines is 3. The highest BCUT2D eigenvalue weighted by molar-refractivity contribution is 7.25. The van der Waals surface area contributed by atoms with Crippen LogP contribution in [0.5, 0.6) is 0 Å². The standard InChI is InChI=1S/C16H22N6O2S/c1-7(2)22(8(3)4)16-18-10-9-12(17)19-15(21(5)6)20-13(9)25-11(10)14(23)24-16/h7-8H,1-6H3,(H2,17,19,20).